The second kappa shape index (κ2) is 8.06. The van der Waals surface area contributed by atoms with E-state index in [-0.39, 0.29) is 18.4 Å². The smallest absolute Gasteiger partial charge is 0.253 e. The van der Waals surface area contributed by atoms with E-state index in [1.807, 2.05) is 19.9 Å². The summed E-state index contributed by atoms with van der Waals surface area (Å²) in [6.07, 6.45) is 2.57. The van der Waals surface area contributed by atoms with Crippen molar-refractivity contribution in [2.45, 2.75) is 32.7 Å². The van der Waals surface area contributed by atoms with Gasteiger partial charge in [-0.15, -0.1) is 0 Å². The van der Waals surface area contributed by atoms with Crippen LogP contribution in [0.1, 0.15) is 48.3 Å². The fourth-order valence-electron chi connectivity index (χ4n) is 2.52. The van der Waals surface area contributed by atoms with Gasteiger partial charge in [0, 0.05) is 31.8 Å². The van der Waals surface area contributed by atoms with Gasteiger partial charge in [0.05, 0.1) is 18.7 Å². The van der Waals surface area contributed by atoms with Crippen LogP contribution in [0.3, 0.4) is 0 Å². The molecule has 0 aromatic carbocycles. The van der Waals surface area contributed by atoms with E-state index in [9.17, 15) is 4.79 Å². The molecule has 1 amide bonds. The third-order valence-corrected chi connectivity index (χ3v) is 3.94. The van der Waals surface area contributed by atoms with Crippen LogP contribution in [0.2, 0.25) is 0 Å². The fourth-order valence-corrected chi connectivity index (χ4v) is 2.52. The summed E-state index contributed by atoms with van der Waals surface area (Å²) in [5.41, 5.74) is 0.502. The van der Waals surface area contributed by atoms with Gasteiger partial charge in [0.15, 0.2) is 5.82 Å². The quantitative estimate of drug-likeness (QED) is 0.882. The molecule has 2 aromatic rings. The number of carbonyl (C=O) groups excluding carboxylic acids is 1. The topological polar surface area (TPSA) is 93.4 Å². The number of nitrogens with one attached hydrogen (secondary N) is 1. The van der Waals surface area contributed by atoms with Gasteiger partial charge in [0.25, 0.3) is 5.91 Å². The van der Waals surface area contributed by atoms with Gasteiger partial charge in [-0.3, -0.25) is 4.79 Å². The molecule has 8 nitrogen and oxygen atoms in total. The lowest BCUT2D eigenvalue weighted by Gasteiger charge is -2.20. The molecular weight excluding hydrogens is 322 g/mol. The van der Waals surface area contributed by atoms with E-state index in [1.165, 1.54) is 0 Å². The second-order valence-corrected chi connectivity index (χ2v) is 6.24. The lowest BCUT2D eigenvalue weighted by molar-refractivity contribution is 0.0949. The summed E-state index contributed by atoms with van der Waals surface area (Å²) < 4.78 is 10.6. The van der Waals surface area contributed by atoms with Crippen molar-refractivity contribution in [1.82, 2.24) is 20.4 Å². The largest absolute Gasteiger partial charge is 0.380 e. The Hall–Kier alpha value is -2.48. The molecular formula is C17H23N5O3. The molecule has 0 aliphatic carbocycles. The van der Waals surface area contributed by atoms with Crippen molar-refractivity contribution < 1.29 is 14.1 Å². The Kier molecular flexibility index (Phi) is 5.60. The highest BCUT2D eigenvalue weighted by atomic mass is 16.5. The van der Waals surface area contributed by atoms with Crippen LogP contribution in [-0.4, -0.2) is 47.3 Å². The average Bonchev–Trinajstić information content (AvgIpc) is 2.94. The van der Waals surface area contributed by atoms with Crippen molar-refractivity contribution in [1.29, 1.82) is 0 Å². The second-order valence-electron chi connectivity index (χ2n) is 6.24. The number of nitrogens with zero attached hydrogens (tertiary/aromatic N) is 4. The van der Waals surface area contributed by atoms with E-state index in [1.54, 1.807) is 12.3 Å². The minimum atomic E-state index is -0.214. The third kappa shape index (κ3) is 4.54. The van der Waals surface area contributed by atoms with Crippen molar-refractivity contribution in [2.24, 2.45) is 0 Å². The molecule has 0 radical (unpaired) electrons. The van der Waals surface area contributed by atoms with E-state index < -0.39 is 0 Å². The molecule has 1 N–H and O–H groups in total. The summed E-state index contributed by atoms with van der Waals surface area (Å²) in [5.74, 6) is 1.84. The van der Waals surface area contributed by atoms with E-state index in [4.69, 9.17) is 9.26 Å². The van der Waals surface area contributed by atoms with Crippen LogP contribution in [-0.2, 0) is 11.3 Å². The predicted octanol–water partition coefficient (Wildman–Crippen LogP) is 1.74. The Bertz CT molecular complexity index is 691. The Labute approximate surface area is 146 Å². The Balaban J connectivity index is 1.56. The van der Waals surface area contributed by atoms with Crippen molar-refractivity contribution in [3.63, 3.8) is 0 Å². The number of pyridine rings is 1. The summed E-state index contributed by atoms with van der Waals surface area (Å²) in [7, 11) is 0. The van der Waals surface area contributed by atoms with Gasteiger partial charge in [0.2, 0.25) is 5.89 Å². The lowest BCUT2D eigenvalue weighted by Crippen LogP contribution is -2.27. The zero-order valence-electron chi connectivity index (χ0n) is 14.6. The van der Waals surface area contributed by atoms with Crippen molar-refractivity contribution in [2.75, 3.05) is 31.2 Å². The normalized spacial score (nSPS) is 15.2. The molecule has 0 unspecified atom stereocenters. The van der Waals surface area contributed by atoms with E-state index in [0.717, 1.165) is 31.9 Å². The minimum Gasteiger partial charge on any atom is -0.380 e. The van der Waals surface area contributed by atoms with Crippen LogP contribution in [0.25, 0.3) is 0 Å². The SMILES string of the molecule is CC(C)c1nc(CNC(=O)c2ccc(N3CCCOCC3)nc2)no1. The molecule has 8 heteroatoms. The van der Waals surface area contributed by atoms with Crippen LogP contribution < -0.4 is 10.2 Å². The molecule has 25 heavy (non-hydrogen) atoms. The van der Waals surface area contributed by atoms with Gasteiger partial charge in [0.1, 0.15) is 5.82 Å². The van der Waals surface area contributed by atoms with Gasteiger partial charge in [-0.1, -0.05) is 19.0 Å². The molecule has 1 fully saturated rings. The highest BCUT2D eigenvalue weighted by Gasteiger charge is 2.14. The van der Waals surface area contributed by atoms with Gasteiger partial charge in [-0.05, 0) is 18.6 Å². The lowest BCUT2D eigenvalue weighted by atomic mass is 10.2. The van der Waals surface area contributed by atoms with E-state index >= 15 is 0 Å². The number of anilines is 1. The van der Waals surface area contributed by atoms with Crippen LogP contribution in [0, 0.1) is 0 Å². The summed E-state index contributed by atoms with van der Waals surface area (Å²) in [6, 6.07) is 3.64. The monoisotopic (exact) mass is 345 g/mol. The number of aromatic nitrogens is 3. The van der Waals surface area contributed by atoms with Crippen LogP contribution in [0.5, 0.6) is 0 Å². The number of ether oxygens (including phenoxy) is 1. The number of rotatable bonds is 5. The first-order chi connectivity index (χ1) is 12.1. The Morgan fingerprint density at radius 1 is 1.32 bits per heavy atom. The molecule has 3 heterocycles. The molecule has 0 bridgehead atoms. The van der Waals surface area contributed by atoms with E-state index in [2.05, 4.69) is 25.3 Å². The molecule has 1 aliphatic heterocycles. The number of hydrogen-bond donors (Lipinski definition) is 1. The zero-order chi connectivity index (χ0) is 17.6. The van der Waals surface area contributed by atoms with Crippen LogP contribution >= 0.6 is 0 Å². The minimum absolute atomic E-state index is 0.165. The summed E-state index contributed by atoms with van der Waals surface area (Å²) >= 11 is 0. The Morgan fingerprint density at radius 3 is 2.92 bits per heavy atom. The van der Waals surface area contributed by atoms with Crippen molar-refractivity contribution in [3.05, 3.63) is 35.6 Å². The molecule has 1 aliphatic rings. The van der Waals surface area contributed by atoms with Crippen molar-refractivity contribution >= 4 is 11.7 Å². The highest BCUT2D eigenvalue weighted by Crippen LogP contribution is 2.14. The molecule has 1 saturated heterocycles. The maximum atomic E-state index is 12.2. The molecule has 3 rings (SSSR count). The van der Waals surface area contributed by atoms with Gasteiger partial charge in [-0.25, -0.2) is 4.98 Å². The number of hydrogen-bond acceptors (Lipinski definition) is 7. The number of carbonyl (C=O) groups is 1. The molecule has 134 valence electrons. The standard InChI is InChI=1S/C17H23N5O3/c1-12(2)17-20-14(21-25-17)11-19-16(23)13-4-5-15(18-10-13)22-6-3-8-24-9-7-22/h4-5,10,12H,3,6-9,11H2,1-2H3,(H,19,23). The van der Waals surface area contributed by atoms with Crippen LogP contribution in [0.4, 0.5) is 5.82 Å². The predicted molar refractivity (Wildman–Crippen MR) is 91.4 cm³/mol. The van der Waals surface area contributed by atoms with E-state index in [0.29, 0.717) is 23.9 Å². The first-order valence-electron chi connectivity index (χ1n) is 8.53. The third-order valence-electron chi connectivity index (χ3n) is 3.94. The summed E-state index contributed by atoms with van der Waals surface area (Å²) in [4.78, 5) is 23.0. The zero-order valence-corrected chi connectivity index (χ0v) is 14.6. The molecule has 0 spiro atoms. The molecule has 0 saturated carbocycles. The van der Waals surface area contributed by atoms with Gasteiger partial charge in [-0.2, -0.15) is 4.98 Å². The first-order valence-corrected chi connectivity index (χ1v) is 8.53. The first kappa shape index (κ1) is 17.3. The van der Waals surface area contributed by atoms with Crippen LogP contribution in [0.15, 0.2) is 22.9 Å². The summed E-state index contributed by atoms with van der Waals surface area (Å²) in [5, 5.41) is 6.63. The average molecular weight is 345 g/mol. The maximum absolute atomic E-state index is 12.2. The fraction of sp³-hybridized carbons (Fsp3) is 0.529. The molecule has 0 atom stereocenters. The Morgan fingerprint density at radius 2 is 2.20 bits per heavy atom. The highest BCUT2D eigenvalue weighted by molar-refractivity contribution is 5.93. The molecule has 2 aromatic heterocycles. The maximum Gasteiger partial charge on any atom is 0.253 e. The van der Waals surface area contributed by atoms with Gasteiger partial charge < -0.3 is 19.5 Å². The van der Waals surface area contributed by atoms with Gasteiger partial charge >= 0.3 is 0 Å². The summed E-state index contributed by atoms with van der Waals surface area (Å²) in [6.45, 7) is 7.38. The van der Waals surface area contributed by atoms with Crippen molar-refractivity contribution in [3.8, 4) is 0 Å². The number of amides is 1.